The van der Waals surface area contributed by atoms with Crippen LogP contribution in [0.25, 0.3) is 0 Å². The molecule has 1 N–H and O–H groups in total. The van der Waals surface area contributed by atoms with Crippen LogP contribution in [0.15, 0.2) is 12.2 Å². The van der Waals surface area contributed by atoms with Gasteiger partial charge in [-0.2, -0.15) is 0 Å². The highest BCUT2D eigenvalue weighted by molar-refractivity contribution is 6.76. The summed E-state index contributed by atoms with van der Waals surface area (Å²) in [7, 11) is -0.867. The highest BCUT2D eigenvalue weighted by Crippen LogP contribution is 2.08. The van der Waals surface area contributed by atoms with Crippen molar-refractivity contribution >= 4 is 8.07 Å². The topological polar surface area (TPSA) is 20.2 Å². The van der Waals surface area contributed by atoms with E-state index in [2.05, 4.69) is 31.8 Å². The van der Waals surface area contributed by atoms with Gasteiger partial charge in [0.15, 0.2) is 0 Å². The number of allylic oxidation sites excluding steroid dienone is 2. The molecule has 0 bridgehead atoms. The summed E-state index contributed by atoms with van der Waals surface area (Å²) in [5.74, 6) is 0. The number of unbranched alkanes of at least 4 members (excludes halogenated alkanes) is 1. The Labute approximate surface area is 71.1 Å². The van der Waals surface area contributed by atoms with E-state index < -0.39 is 8.07 Å². The summed E-state index contributed by atoms with van der Waals surface area (Å²) < 4.78 is 0. The van der Waals surface area contributed by atoms with Crippen LogP contribution in [0.4, 0.5) is 0 Å². The van der Waals surface area contributed by atoms with Crippen molar-refractivity contribution in [3.05, 3.63) is 12.2 Å². The van der Waals surface area contributed by atoms with Gasteiger partial charge in [-0.3, -0.25) is 0 Å². The van der Waals surface area contributed by atoms with Crippen LogP contribution < -0.4 is 0 Å². The first-order chi connectivity index (χ1) is 5.06. The van der Waals surface area contributed by atoms with Crippen LogP contribution in [0.5, 0.6) is 0 Å². The quantitative estimate of drug-likeness (QED) is 0.384. The van der Waals surface area contributed by atoms with Gasteiger partial charge in [0.1, 0.15) is 0 Å². The molecule has 0 atom stereocenters. The molecule has 0 spiro atoms. The van der Waals surface area contributed by atoms with Gasteiger partial charge in [-0.05, 0) is 18.9 Å². The first-order valence-corrected chi connectivity index (χ1v) is 8.03. The standard InChI is InChI=1S/C9H20OSi/c1-11(2,3)9-7-5-4-6-8-10/h5,7,10H,4,6,8-9H2,1-3H3. The SMILES string of the molecule is C[Si](C)(C)CC=CCCCO. The van der Waals surface area contributed by atoms with Gasteiger partial charge in [0.2, 0.25) is 0 Å². The van der Waals surface area contributed by atoms with Crippen molar-refractivity contribution in [1.82, 2.24) is 0 Å². The highest BCUT2D eigenvalue weighted by atomic mass is 28.3. The Bertz CT molecular complexity index is 113. The van der Waals surface area contributed by atoms with Crippen LogP contribution >= 0.6 is 0 Å². The minimum absolute atomic E-state index is 0.317. The predicted octanol–water partition coefficient (Wildman–Crippen LogP) is 2.65. The molecule has 0 radical (unpaired) electrons. The van der Waals surface area contributed by atoms with E-state index in [0.29, 0.717) is 6.61 Å². The average Bonchev–Trinajstić information content (AvgIpc) is 1.85. The normalized spacial score (nSPS) is 12.7. The molecule has 2 heteroatoms. The maximum atomic E-state index is 8.50. The lowest BCUT2D eigenvalue weighted by atomic mass is 10.3. The summed E-state index contributed by atoms with van der Waals surface area (Å²) in [6.07, 6.45) is 6.39. The van der Waals surface area contributed by atoms with Gasteiger partial charge in [-0.1, -0.05) is 31.8 Å². The molecule has 0 aliphatic heterocycles. The zero-order chi connectivity index (χ0) is 8.74. The van der Waals surface area contributed by atoms with E-state index in [1.54, 1.807) is 0 Å². The summed E-state index contributed by atoms with van der Waals surface area (Å²) in [6.45, 7) is 7.41. The number of hydrogen-bond donors (Lipinski definition) is 1. The number of aliphatic hydroxyl groups excluding tert-OH is 1. The van der Waals surface area contributed by atoms with Crippen LogP contribution in [-0.2, 0) is 0 Å². The average molecular weight is 172 g/mol. The molecule has 0 saturated carbocycles. The molecule has 11 heavy (non-hydrogen) atoms. The van der Waals surface area contributed by atoms with Crippen LogP contribution in [0, 0.1) is 0 Å². The minimum Gasteiger partial charge on any atom is -0.396 e. The fourth-order valence-corrected chi connectivity index (χ4v) is 1.64. The summed E-state index contributed by atoms with van der Waals surface area (Å²) >= 11 is 0. The summed E-state index contributed by atoms with van der Waals surface area (Å²) in [4.78, 5) is 0. The summed E-state index contributed by atoms with van der Waals surface area (Å²) in [5, 5.41) is 8.50. The van der Waals surface area contributed by atoms with Gasteiger partial charge in [0, 0.05) is 14.7 Å². The highest BCUT2D eigenvalue weighted by Gasteiger charge is 2.08. The van der Waals surface area contributed by atoms with E-state index in [4.69, 9.17) is 5.11 Å². The van der Waals surface area contributed by atoms with E-state index in [1.165, 1.54) is 6.04 Å². The Balaban J connectivity index is 3.30. The smallest absolute Gasteiger partial charge is 0.0480 e. The molecule has 0 aromatic carbocycles. The van der Waals surface area contributed by atoms with Crippen LogP contribution in [0.2, 0.25) is 25.7 Å². The molecular weight excluding hydrogens is 152 g/mol. The van der Waals surface area contributed by atoms with Crippen LogP contribution in [-0.4, -0.2) is 19.8 Å². The van der Waals surface area contributed by atoms with E-state index in [-0.39, 0.29) is 0 Å². The van der Waals surface area contributed by atoms with Gasteiger partial charge in [0.25, 0.3) is 0 Å². The maximum Gasteiger partial charge on any atom is 0.0480 e. The van der Waals surface area contributed by atoms with Crippen LogP contribution in [0.3, 0.4) is 0 Å². The van der Waals surface area contributed by atoms with E-state index in [1.807, 2.05) is 0 Å². The van der Waals surface area contributed by atoms with Gasteiger partial charge in [0.05, 0.1) is 0 Å². The zero-order valence-electron chi connectivity index (χ0n) is 7.93. The largest absolute Gasteiger partial charge is 0.396 e. The van der Waals surface area contributed by atoms with Gasteiger partial charge in [-0.25, -0.2) is 0 Å². The van der Waals surface area contributed by atoms with Gasteiger partial charge in [-0.15, -0.1) is 0 Å². The number of rotatable bonds is 5. The maximum absolute atomic E-state index is 8.50. The fourth-order valence-electron chi connectivity index (χ4n) is 0.764. The van der Waals surface area contributed by atoms with E-state index in [0.717, 1.165) is 12.8 Å². The molecule has 66 valence electrons. The lowest BCUT2D eigenvalue weighted by Crippen LogP contribution is -2.17. The molecule has 0 aromatic heterocycles. The molecule has 0 saturated heterocycles. The second-order valence-corrected chi connectivity index (χ2v) is 9.63. The van der Waals surface area contributed by atoms with Crippen molar-refractivity contribution in [3.8, 4) is 0 Å². The van der Waals surface area contributed by atoms with E-state index >= 15 is 0 Å². The van der Waals surface area contributed by atoms with Crippen LogP contribution in [0.1, 0.15) is 12.8 Å². The third-order valence-electron chi connectivity index (χ3n) is 1.43. The lowest BCUT2D eigenvalue weighted by Gasteiger charge is -2.11. The van der Waals surface area contributed by atoms with Crippen molar-refractivity contribution in [2.24, 2.45) is 0 Å². The van der Waals surface area contributed by atoms with Crippen molar-refractivity contribution in [1.29, 1.82) is 0 Å². The molecule has 0 aliphatic carbocycles. The van der Waals surface area contributed by atoms with Gasteiger partial charge < -0.3 is 5.11 Å². The molecule has 0 aliphatic rings. The molecule has 0 fully saturated rings. The Morgan fingerprint density at radius 3 is 2.27 bits per heavy atom. The third kappa shape index (κ3) is 9.92. The Hall–Kier alpha value is -0.0831. The minimum atomic E-state index is -0.867. The first-order valence-electron chi connectivity index (χ1n) is 4.32. The number of aliphatic hydroxyl groups is 1. The molecule has 0 unspecified atom stereocenters. The fraction of sp³-hybridized carbons (Fsp3) is 0.778. The van der Waals surface area contributed by atoms with Crippen molar-refractivity contribution < 1.29 is 5.11 Å². The van der Waals surface area contributed by atoms with Crippen molar-refractivity contribution in [2.75, 3.05) is 6.61 Å². The Kier molecular flexibility index (Phi) is 5.51. The van der Waals surface area contributed by atoms with Crippen molar-refractivity contribution in [2.45, 2.75) is 38.5 Å². The first kappa shape index (κ1) is 10.9. The van der Waals surface area contributed by atoms with E-state index in [9.17, 15) is 0 Å². The third-order valence-corrected chi connectivity index (χ3v) is 2.89. The van der Waals surface area contributed by atoms with Gasteiger partial charge >= 0.3 is 0 Å². The number of hydrogen-bond acceptors (Lipinski definition) is 1. The molecule has 1 nitrogen and oxygen atoms in total. The second kappa shape index (κ2) is 5.55. The summed E-state index contributed by atoms with van der Waals surface area (Å²) in [5.41, 5.74) is 0. The second-order valence-electron chi connectivity index (χ2n) is 4.10. The Morgan fingerprint density at radius 1 is 1.18 bits per heavy atom. The Morgan fingerprint density at radius 2 is 1.82 bits per heavy atom. The monoisotopic (exact) mass is 172 g/mol. The molecule has 0 rings (SSSR count). The molecular formula is C9H20OSi. The summed E-state index contributed by atoms with van der Waals surface area (Å²) in [6, 6.07) is 1.26. The molecule has 0 heterocycles. The lowest BCUT2D eigenvalue weighted by molar-refractivity contribution is 0.289. The van der Waals surface area contributed by atoms with Crippen molar-refractivity contribution in [3.63, 3.8) is 0 Å². The molecule has 0 amide bonds. The molecule has 0 aromatic rings. The predicted molar refractivity (Wildman–Crippen MR) is 53.6 cm³/mol. The zero-order valence-corrected chi connectivity index (χ0v) is 8.93.